The van der Waals surface area contributed by atoms with E-state index in [0.717, 1.165) is 24.3 Å². The first kappa shape index (κ1) is 19.0. The zero-order valence-electron chi connectivity index (χ0n) is 13.0. The zero-order chi connectivity index (χ0) is 18.7. The van der Waals surface area contributed by atoms with Crippen molar-refractivity contribution in [2.75, 3.05) is 20.2 Å². The Hall–Kier alpha value is -2.37. The van der Waals surface area contributed by atoms with Crippen molar-refractivity contribution in [2.24, 2.45) is 0 Å². The maximum atomic E-state index is 12.3. The minimum Gasteiger partial charge on any atom is -0.406 e. The van der Waals surface area contributed by atoms with Gasteiger partial charge in [0.05, 0.1) is 0 Å². The van der Waals surface area contributed by atoms with Crippen molar-refractivity contribution >= 4 is 11.8 Å². The molecule has 11 heteroatoms. The maximum absolute atomic E-state index is 12.3. The van der Waals surface area contributed by atoms with E-state index in [9.17, 15) is 22.8 Å². The molecular weight excluding hydrogens is 347 g/mol. The first-order chi connectivity index (χ1) is 11.7. The summed E-state index contributed by atoms with van der Waals surface area (Å²) in [4.78, 5) is 24.1. The molecule has 1 aliphatic rings. The van der Waals surface area contributed by atoms with E-state index >= 15 is 0 Å². The molecule has 1 aromatic carbocycles. The fourth-order valence-electron chi connectivity index (χ4n) is 2.36. The number of carbonyl (C=O) groups is 2. The van der Waals surface area contributed by atoms with Crippen LogP contribution in [0.3, 0.4) is 0 Å². The van der Waals surface area contributed by atoms with Gasteiger partial charge in [0.15, 0.2) is 0 Å². The van der Waals surface area contributed by atoms with E-state index in [0.29, 0.717) is 0 Å². The van der Waals surface area contributed by atoms with Crippen molar-refractivity contribution in [3.05, 3.63) is 29.8 Å². The molecular formula is C14H16F3N3O5. The molecule has 2 rings (SSSR count). The van der Waals surface area contributed by atoms with Gasteiger partial charge >= 0.3 is 6.36 Å². The molecule has 138 valence electrons. The first-order valence-corrected chi connectivity index (χ1v) is 7.07. The molecule has 0 radical (unpaired) electrons. The normalized spacial score (nSPS) is 17.2. The van der Waals surface area contributed by atoms with Gasteiger partial charge in [-0.05, 0) is 24.3 Å². The molecule has 1 aromatic rings. The Kier molecular flexibility index (Phi) is 5.50. The highest BCUT2D eigenvalue weighted by atomic mass is 19.4. The number of hydrogen-bond donors (Lipinski definition) is 4. The molecule has 0 aliphatic carbocycles. The lowest BCUT2D eigenvalue weighted by Gasteiger charge is -2.45. The van der Waals surface area contributed by atoms with Gasteiger partial charge in [0.2, 0.25) is 0 Å². The highest BCUT2D eigenvalue weighted by molar-refractivity contribution is 5.98. The summed E-state index contributed by atoms with van der Waals surface area (Å²) in [6.07, 6.45) is -4.84. The zero-order valence-corrected chi connectivity index (χ0v) is 13.0. The molecule has 25 heavy (non-hydrogen) atoms. The predicted octanol–water partition coefficient (Wildman–Crippen LogP) is 0.177. The fourth-order valence-corrected chi connectivity index (χ4v) is 2.36. The first-order valence-electron chi connectivity index (χ1n) is 7.07. The lowest BCUT2D eigenvalue weighted by molar-refractivity contribution is -0.274. The van der Waals surface area contributed by atoms with Crippen LogP contribution in [0.1, 0.15) is 10.4 Å². The van der Waals surface area contributed by atoms with Crippen LogP contribution in [0.2, 0.25) is 0 Å². The highest BCUT2D eigenvalue weighted by Gasteiger charge is 2.49. The van der Waals surface area contributed by atoms with Gasteiger partial charge < -0.3 is 20.1 Å². The molecule has 8 nitrogen and oxygen atoms in total. The van der Waals surface area contributed by atoms with Gasteiger partial charge in [0.25, 0.3) is 11.8 Å². The largest absolute Gasteiger partial charge is 0.573 e. The van der Waals surface area contributed by atoms with Crippen LogP contribution < -0.4 is 20.9 Å². The van der Waals surface area contributed by atoms with Crippen molar-refractivity contribution in [2.45, 2.75) is 18.0 Å². The molecule has 0 spiro atoms. The topological polar surface area (TPSA) is 109 Å². The highest BCUT2D eigenvalue weighted by Crippen LogP contribution is 2.24. The summed E-state index contributed by atoms with van der Waals surface area (Å²) in [5.41, 5.74) is 0.422. The Balaban J connectivity index is 2.11. The molecule has 1 atom stereocenters. The number of nitrogens with one attached hydrogen (secondary N) is 3. The average molecular weight is 363 g/mol. The second-order valence-electron chi connectivity index (χ2n) is 5.33. The third kappa shape index (κ3) is 4.38. The molecule has 2 amide bonds. The number of rotatable bonds is 6. The van der Waals surface area contributed by atoms with Gasteiger partial charge in [-0.25, -0.2) is 5.48 Å². The van der Waals surface area contributed by atoms with Crippen LogP contribution in [0.4, 0.5) is 13.2 Å². The quantitative estimate of drug-likeness (QED) is 0.424. The molecule has 1 fully saturated rings. The Labute approximate surface area is 140 Å². The Morgan fingerprint density at radius 3 is 2.28 bits per heavy atom. The van der Waals surface area contributed by atoms with Gasteiger partial charge in [-0.2, -0.15) is 0 Å². The van der Waals surface area contributed by atoms with Gasteiger partial charge in [-0.15, -0.1) is 13.2 Å². The third-order valence-corrected chi connectivity index (χ3v) is 3.78. The summed E-state index contributed by atoms with van der Waals surface area (Å²) in [7, 11) is 1.36. The lowest BCUT2D eigenvalue weighted by atomic mass is 9.87. The van der Waals surface area contributed by atoms with Crippen LogP contribution >= 0.6 is 0 Å². The molecule has 4 N–H and O–H groups in total. The van der Waals surface area contributed by atoms with Crippen molar-refractivity contribution in [1.82, 2.24) is 16.1 Å². The summed E-state index contributed by atoms with van der Waals surface area (Å²) >= 11 is 0. The summed E-state index contributed by atoms with van der Waals surface area (Å²) in [5.74, 6) is -2.09. The number of ether oxygens (including phenoxy) is 2. The Bertz CT molecular complexity index is 626. The summed E-state index contributed by atoms with van der Waals surface area (Å²) in [6, 6.07) is 2.97. The van der Waals surface area contributed by atoms with E-state index in [1.165, 1.54) is 12.6 Å². The van der Waals surface area contributed by atoms with Gasteiger partial charge in [0.1, 0.15) is 17.4 Å². The minimum absolute atomic E-state index is 0.00352. The van der Waals surface area contributed by atoms with Crippen molar-refractivity contribution in [1.29, 1.82) is 0 Å². The fraction of sp³-hybridized carbons (Fsp3) is 0.429. The Morgan fingerprint density at radius 1 is 1.28 bits per heavy atom. The average Bonchev–Trinajstić information content (AvgIpc) is 2.51. The van der Waals surface area contributed by atoms with Crippen LogP contribution in [0.5, 0.6) is 5.75 Å². The van der Waals surface area contributed by atoms with E-state index in [-0.39, 0.29) is 18.7 Å². The summed E-state index contributed by atoms with van der Waals surface area (Å²) in [6.45, 7) is 0.528. The van der Waals surface area contributed by atoms with Crippen molar-refractivity contribution < 1.29 is 37.4 Å². The standard InChI is InChI=1S/C14H16F3N3O5/c1-24-13(6-18-7-13)10(12(22)20-23)19-11(21)8-2-4-9(5-3-8)25-14(15,16)17/h2-5,10,18,23H,6-7H2,1H3,(H,19,21)(H,20,22). The molecule has 1 aliphatic heterocycles. The molecule has 0 bridgehead atoms. The second-order valence-corrected chi connectivity index (χ2v) is 5.33. The van der Waals surface area contributed by atoms with Crippen molar-refractivity contribution in [3.63, 3.8) is 0 Å². The van der Waals surface area contributed by atoms with E-state index in [1.807, 2.05) is 0 Å². The number of hydrogen-bond acceptors (Lipinski definition) is 6. The third-order valence-electron chi connectivity index (χ3n) is 3.78. The van der Waals surface area contributed by atoms with Crippen molar-refractivity contribution in [3.8, 4) is 5.75 Å². The molecule has 1 unspecified atom stereocenters. The molecule has 0 saturated carbocycles. The second kappa shape index (κ2) is 7.25. The summed E-state index contributed by atoms with van der Waals surface area (Å²) < 4.78 is 45.4. The lowest BCUT2D eigenvalue weighted by Crippen LogP contribution is -2.74. The number of halogens is 3. The number of methoxy groups -OCH3 is 1. The van der Waals surface area contributed by atoms with Crippen LogP contribution in [-0.2, 0) is 9.53 Å². The molecule has 1 heterocycles. The monoisotopic (exact) mass is 363 g/mol. The number of amides is 2. The molecule has 1 saturated heterocycles. The minimum atomic E-state index is -4.84. The van der Waals surface area contributed by atoms with Crippen LogP contribution in [0.25, 0.3) is 0 Å². The van der Waals surface area contributed by atoms with E-state index in [2.05, 4.69) is 15.4 Å². The van der Waals surface area contributed by atoms with E-state index in [4.69, 9.17) is 9.94 Å². The number of alkyl halides is 3. The van der Waals surface area contributed by atoms with Gasteiger partial charge in [0, 0.05) is 25.8 Å². The van der Waals surface area contributed by atoms with E-state index < -0.39 is 35.6 Å². The van der Waals surface area contributed by atoms with Crippen LogP contribution in [0, 0.1) is 0 Å². The number of carbonyl (C=O) groups excluding carboxylic acids is 2. The predicted molar refractivity (Wildman–Crippen MR) is 76.9 cm³/mol. The van der Waals surface area contributed by atoms with Gasteiger partial charge in [-0.3, -0.25) is 14.8 Å². The smallest absolute Gasteiger partial charge is 0.406 e. The van der Waals surface area contributed by atoms with E-state index in [1.54, 1.807) is 0 Å². The SMILES string of the molecule is COC1(C(NC(=O)c2ccc(OC(F)(F)F)cc2)C(=O)NO)CNC1. The molecule has 0 aromatic heterocycles. The van der Waals surface area contributed by atoms with Crippen LogP contribution in [0.15, 0.2) is 24.3 Å². The number of hydroxylamine groups is 1. The Morgan fingerprint density at radius 2 is 1.88 bits per heavy atom. The van der Waals surface area contributed by atoms with Crippen LogP contribution in [-0.4, -0.2) is 55.2 Å². The van der Waals surface area contributed by atoms with Gasteiger partial charge in [-0.1, -0.05) is 0 Å². The maximum Gasteiger partial charge on any atom is 0.573 e. The summed E-state index contributed by atoms with van der Waals surface area (Å²) in [5, 5.41) is 14.2. The number of benzene rings is 1.